The van der Waals surface area contributed by atoms with Gasteiger partial charge in [-0.3, -0.25) is 0 Å². The second-order valence-corrected chi connectivity index (χ2v) is 11.5. The van der Waals surface area contributed by atoms with Gasteiger partial charge in [0.15, 0.2) is 8.11 Å². The van der Waals surface area contributed by atoms with E-state index in [1.165, 1.54) is 27.8 Å². The highest BCUT2D eigenvalue weighted by atomic mass is 35.6. The Bertz CT molecular complexity index is 957. The van der Waals surface area contributed by atoms with E-state index in [1.54, 1.807) is 0 Å². The van der Waals surface area contributed by atoms with Crippen molar-refractivity contribution in [1.29, 1.82) is 0 Å². The Labute approximate surface area is 168 Å². The minimum atomic E-state index is -1.59. The molecule has 1 aromatic rings. The van der Waals surface area contributed by atoms with Crippen LogP contribution in [0.15, 0.2) is 96.6 Å². The summed E-state index contributed by atoms with van der Waals surface area (Å²) < 4.78 is 0. The average molecular weight is 389 g/mol. The summed E-state index contributed by atoms with van der Waals surface area (Å²) >= 11 is 7.05. The molecule has 2 heteroatoms. The van der Waals surface area contributed by atoms with Crippen LogP contribution in [0.25, 0.3) is 11.1 Å². The summed E-state index contributed by atoms with van der Waals surface area (Å²) in [6.45, 7) is 4.53. The minimum Gasteiger partial charge on any atom is -0.170 e. The smallest absolute Gasteiger partial charge is 0.156 e. The summed E-state index contributed by atoms with van der Waals surface area (Å²) in [6, 6.07) is 26.1. The lowest BCUT2D eigenvalue weighted by Crippen LogP contribution is -2.39. The summed E-state index contributed by atoms with van der Waals surface area (Å²) in [5, 5.41) is -0.127. The van der Waals surface area contributed by atoms with Gasteiger partial charge < -0.3 is 0 Å². The monoisotopic (exact) mass is 388 g/mol. The van der Waals surface area contributed by atoms with Crippen molar-refractivity contribution in [2.45, 2.75) is 30.8 Å². The van der Waals surface area contributed by atoms with Gasteiger partial charge in [0.25, 0.3) is 0 Å². The van der Waals surface area contributed by atoms with Crippen LogP contribution in [0.4, 0.5) is 0 Å². The predicted octanol–water partition coefficient (Wildman–Crippen LogP) is 6.85. The third kappa shape index (κ3) is 3.09. The Hall–Kier alpha value is -2.09. The lowest BCUT2D eigenvalue weighted by molar-refractivity contribution is 0.779. The van der Waals surface area contributed by atoms with Gasteiger partial charge in [0.1, 0.15) is 0 Å². The molecule has 0 amide bonds. The second kappa shape index (κ2) is 7.50. The van der Waals surface area contributed by atoms with Gasteiger partial charge in [0, 0.05) is 11.0 Å². The molecule has 136 valence electrons. The van der Waals surface area contributed by atoms with Gasteiger partial charge in [-0.25, -0.2) is 0 Å². The third-order valence-corrected chi connectivity index (χ3v) is 9.07. The number of hydrogen-bond donors (Lipinski definition) is 0. The first-order valence-corrected chi connectivity index (χ1v) is 13.2. The molecule has 3 atom stereocenters. The van der Waals surface area contributed by atoms with Crippen molar-refractivity contribution in [2.24, 2.45) is 0 Å². The quantitative estimate of drug-likeness (QED) is 0.260. The van der Waals surface area contributed by atoms with Gasteiger partial charge in [-0.15, -0.1) is 0 Å². The van der Waals surface area contributed by atoms with Crippen LogP contribution in [0.2, 0.25) is 6.55 Å². The standard InChI is InChI=1S/C25H25ClSi/c1-3-22-18-21(19-10-6-4-7-11-19)16-17-25(22,27(2)26)24-15-14-20-12-8-5-9-13-23(20)24/h4-18,21,27H,3H2,1-2H3. The molecule has 1 aromatic carbocycles. The fraction of sp³-hybridized carbons (Fsp3) is 0.200. The van der Waals surface area contributed by atoms with Crippen molar-refractivity contribution < 1.29 is 0 Å². The van der Waals surface area contributed by atoms with Crippen molar-refractivity contribution in [3.63, 3.8) is 0 Å². The van der Waals surface area contributed by atoms with E-state index < -0.39 is 8.11 Å². The van der Waals surface area contributed by atoms with Crippen molar-refractivity contribution in [3.8, 4) is 11.1 Å². The first kappa shape index (κ1) is 18.3. The number of fused-ring (bicyclic) bond motifs is 1. The molecule has 0 radical (unpaired) electrons. The maximum atomic E-state index is 7.05. The topological polar surface area (TPSA) is 0 Å². The molecule has 0 saturated carbocycles. The highest BCUT2D eigenvalue weighted by molar-refractivity contribution is 7.08. The fourth-order valence-corrected chi connectivity index (χ4v) is 7.37. The van der Waals surface area contributed by atoms with Crippen LogP contribution < -0.4 is 0 Å². The number of halogens is 1. The van der Waals surface area contributed by atoms with Crippen LogP contribution in [0.3, 0.4) is 0 Å². The van der Waals surface area contributed by atoms with E-state index in [9.17, 15) is 0 Å². The average Bonchev–Trinajstić information content (AvgIpc) is 2.96. The summed E-state index contributed by atoms with van der Waals surface area (Å²) in [5.41, 5.74) is 6.79. The number of allylic oxidation sites excluding steroid dienone is 4. The SMILES string of the molecule is CCC1=CC(c2ccccc2)C=CC1(c1ccc2cccccc1-2)[SiH](C)Cl. The normalized spacial score (nSPS) is 23.2. The molecule has 0 aromatic heterocycles. The van der Waals surface area contributed by atoms with E-state index in [0.717, 1.165) is 6.42 Å². The Morgan fingerprint density at radius 1 is 0.926 bits per heavy atom. The van der Waals surface area contributed by atoms with E-state index in [-0.39, 0.29) is 5.04 Å². The van der Waals surface area contributed by atoms with Gasteiger partial charge in [0.2, 0.25) is 0 Å². The van der Waals surface area contributed by atoms with E-state index in [0.29, 0.717) is 5.92 Å². The molecular weight excluding hydrogens is 364 g/mol. The van der Waals surface area contributed by atoms with Gasteiger partial charge in [-0.1, -0.05) is 110 Å². The molecule has 0 spiro atoms. The Kier molecular flexibility index (Phi) is 5.08. The van der Waals surface area contributed by atoms with Crippen molar-refractivity contribution >= 4 is 19.2 Å². The zero-order valence-corrected chi connectivity index (χ0v) is 17.8. The molecule has 3 aliphatic rings. The molecule has 3 aliphatic carbocycles. The molecule has 0 bridgehead atoms. The third-order valence-electron chi connectivity index (χ3n) is 5.91. The van der Waals surface area contributed by atoms with Crippen LogP contribution in [-0.4, -0.2) is 8.11 Å². The van der Waals surface area contributed by atoms with E-state index in [2.05, 4.69) is 104 Å². The summed E-state index contributed by atoms with van der Waals surface area (Å²) in [7, 11) is -1.59. The van der Waals surface area contributed by atoms with Gasteiger partial charge >= 0.3 is 0 Å². The largest absolute Gasteiger partial charge is 0.170 e. The molecule has 0 fully saturated rings. The predicted molar refractivity (Wildman–Crippen MR) is 120 cm³/mol. The molecule has 0 nitrogen and oxygen atoms in total. The van der Waals surface area contributed by atoms with Crippen LogP contribution in [0, 0.1) is 0 Å². The van der Waals surface area contributed by atoms with Crippen LogP contribution in [0.1, 0.15) is 30.4 Å². The first-order valence-electron chi connectivity index (χ1n) is 9.74. The minimum absolute atomic E-state index is 0.127. The fourth-order valence-electron chi connectivity index (χ4n) is 4.51. The summed E-state index contributed by atoms with van der Waals surface area (Å²) in [4.78, 5) is 0. The van der Waals surface area contributed by atoms with Gasteiger partial charge in [-0.2, -0.15) is 11.1 Å². The van der Waals surface area contributed by atoms with Crippen LogP contribution in [0.5, 0.6) is 0 Å². The van der Waals surface area contributed by atoms with Gasteiger partial charge in [-0.05, 0) is 28.7 Å². The van der Waals surface area contributed by atoms with Crippen molar-refractivity contribution in [2.75, 3.05) is 0 Å². The van der Waals surface area contributed by atoms with E-state index in [1.807, 2.05) is 0 Å². The summed E-state index contributed by atoms with van der Waals surface area (Å²) in [5.74, 6) is 0.330. The van der Waals surface area contributed by atoms with E-state index >= 15 is 0 Å². The van der Waals surface area contributed by atoms with Gasteiger partial charge in [0.05, 0.1) is 0 Å². The van der Waals surface area contributed by atoms with Crippen molar-refractivity contribution in [3.05, 3.63) is 108 Å². The zero-order chi connectivity index (χ0) is 18.9. The Morgan fingerprint density at radius 2 is 1.63 bits per heavy atom. The highest BCUT2D eigenvalue weighted by Crippen LogP contribution is 2.48. The first-order chi connectivity index (χ1) is 13.2. The molecule has 0 N–H and O–H groups in total. The molecule has 3 unspecified atom stereocenters. The number of rotatable bonds is 4. The summed E-state index contributed by atoms with van der Waals surface area (Å²) in [6.07, 6.45) is 8.27. The molecular formula is C25H25ClSi. The molecule has 0 heterocycles. The molecule has 27 heavy (non-hydrogen) atoms. The molecule has 4 rings (SSSR count). The molecule has 0 saturated heterocycles. The van der Waals surface area contributed by atoms with Crippen LogP contribution in [-0.2, 0) is 5.04 Å². The zero-order valence-electron chi connectivity index (χ0n) is 15.9. The lowest BCUT2D eigenvalue weighted by Gasteiger charge is -2.39. The Morgan fingerprint density at radius 3 is 2.33 bits per heavy atom. The second-order valence-electron chi connectivity index (χ2n) is 7.35. The van der Waals surface area contributed by atoms with Crippen molar-refractivity contribution in [1.82, 2.24) is 0 Å². The van der Waals surface area contributed by atoms with E-state index in [4.69, 9.17) is 11.1 Å². The Balaban J connectivity index is 1.87. The molecule has 0 aliphatic heterocycles. The maximum Gasteiger partial charge on any atom is 0.156 e. The maximum absolute atomic E-state index is 7.05. The number of hydrogen-bond acceptors (Lipinski definition) is 0. The van der Waals surface area contributed by atoms with Crippen LogP contribution >= 0.6 is 11.1 Å². The lowest BCUT2D eigenvalue weighted by atomic mass is 9.79. The highest BCUT2D eigenvalue weighted by Gasteiger charge is 2.42. The number of benzene rings is 1.